The summed E-state index contributed by atoms with van der Waals surface area (Å²) in [5.41, 5.74) is 5.36. The Kier molecular flexibility index (Phi) is 41.0. The molecule has 2 unspecified atom stereocenters. The molecule has 0 amide bonds. The van der Waals surface area contributed by atoms with E-state index in [-0.39, 0.29) is 32.3 Å². The summed E-state index contributed by atoms with van der Waals surface area (Å²) in [7, 11) is -4.29. The second-order valence-corrected chi connectivity index (χ2v) is 15.3. The van der Waals surface area contributed by atoms with Gasteiger partial charge in [0, 0.05) is 19.6 Å². The van der Waals surface area contributed by atoms with Crippen molar-refractivity contribution in [2.75, 3.05) is 33.0 Å². The molecule has 0 aliphatic carbocycles. The third kappa shape index (κ3) is 42.7. The summed E-state index contributed by atoms with van der Waals surface area (Å²) in [5.74, 6) is -0.350. The van der Waals surface area contributed by atoms with Gasteiger partial charge in [0.1, 0.15) is 6.10 Å². The average molecular weight is 790 g/mol. The van der Waals surface area contributed by atoms with Crippen molar-refractivity contribution in [1.29, 1.82) is 0 Å². The molecule has 2 atom stereocenters. The zero-order valence-corrected chi connectivity index (χ0v) is 35.8. The molecular formula is C46H80NO7P. The fourth-order valence-electron chi connectivity index (χ4n) is 5.45. The quantitative estimate of drug-likeness (QED) is 0.0273. The van der Waals surface area contributed by atoms with Crippen molar-refractivity contribution in [2.45, 2.75) is 168 Å². The van der Waals surface area contributed by atoms with E-state index in [4.69, 9.17) is 24.3 Å². The Labute approximate surface area is 337 Å². The molecule has 55 heavy (non-hydrogen) atoms. The molecular weight excluding hydrogens is 709 g/mol. The van der Waals surface area contributed by atoms with Gasteiger partial charge in [0.2, 0.25) is 0 Å². The van der Waals surface area contributed by atoms with Crippen molar-refractivity contribution >= 4 is 13.8 Å². The van der Waals surface area contributed by atoms with Crippen LogP contribution in [-0.2, 0) is 27.9 Å². The lowest BCUT2D eigenvalue weighted by Crippen LogP contribution is -2.28. The number of phosphoric ester groups is 1. The molecule has 0 spiro atoms. The first-order chi connectivity index (χ1) is 26.9. The number of esters is 1. The molecule has 8 nitrogen and oxygen atoms in total. The third-order valence-corrected chi connectivity index (χ3v) is 9.56. The van der Waals surface area contributed by atoms with Crippen LogP contribution >= 0.6 is 7.82 Å². The Morgan fingerprint density at radius 3 is 1.49 bits per heavy atom. The number of carbonyl (C=O) groups excluding carboxylic acids is 1. The maximum Gasteiger partial charge on any atom is 0.472 e. The maximum absolute atomic E-state index is 12.5. The minimum atomic E-state index is -4.29. The number of hydrogen-bond acceptors (Lipinski definition) is 7. The van der Waals surface area contributed by atoms with Gasteiger partial charge in [-0.25, -0.2) is 4.57 Å². The molecule has 0 rings (SSSR count). The van der Waals surface area contributed by atoms with Crippen LogP contribution in [0, 0.1) is 0 Å². The molecule has 0 aromatic carbocycles. The Morgan fingerprint density at radius 2 is 1.02 bits per heavy atom. The lowest BCUT2D eigenvalue weighted by molar-refractivity contribution is -0.154. The molecule has 9 heteroatoms. The van der Waals surface area contributed by atoms with Gasteiger partial charge in [0.15, 0.2) is 0 Å². The zero-order valence-electron chi connectivity index (χ0n) is 34.9. The first-order valence-electron chi connectivity index (χ1n) is 21.6. The lowest BCUT2D eigenvalue weighted by atomic mass is 10.0. The van der Waals surface area contributed by atoms with Crippen molar-refractivity contribution in [3.63, 3.8) is 0 Å². The average Bonchev–Trinajstić information content (AvgIpc) is 3.17. The summed E-state index contributed by atoms with van der Waals surface area (Å²) < 4.78 is 33.3. The van der Waals surface area contributed by atoms with Crippen LogP contribution in [0.2, 0.25) is 0 Å². The highest BCUT2D eigenvalue weighted by Gasteiger charge is 2.25. The molecule has 0 saturated heterocycles. The summed E-state index contributed by atoms with van der Waals surface area (Å²) in [6.07, 6.45) is 54.7. The number of rotatable bonds is 40. The predicted octanol–water partition coefficient (Wildman–Crippen LogP) is 12.9. The van der Waals surface area contributed by atoms with Gasteiger partial charge in [-0.1, -0.05) is 170 Å². The molecule has 0 aliphatic heterocycles. The van der Waals surface area contributed by atoms with E-state index in [9.17, 15) is 14.3 Å². The second-order valence-electron chi connectivity index (χ2n) is 13.8. The van der Waals surface area contributed by atoms with Gasteiger partial charge >= 0.3 is 13.8 Å². The topological polar surface area (TPSA) is 117 Å². The van der Waals surface area contributed by atoms with Gasteiger partial charge < -0.3 is 20.1 Å². The van der Waals surface area contributed by atoms with Crippen LogP contribution in [0.4, 0.5) is 0 Å². The van der Waals surface area contributed by atoms with Crippen LogP contribution < -0.4 is 5.73 Å². The van der Waals surface area contributed by atoms with Gasteiger partial charge in [0.05, 0.1) is 19.8 Å². The summed E-state index contributed by atoms with van der Waals surface area (Å²) in [4.78, 5) is 22.4. The molecule has 0 bridgehead atoms. The van der Waals surface area contributed by atoms with Crippen LogP contribution in [0.15, 0.2) is 85.1 Å². The number of nitrogens with two attached hydrogens (primary N) is 1. The van der Waals surface area contributed by atoms with E-state index in [0.717, 1.165) is 83.5 Å². The summed E-state index contributed by atoms with van der Waals surface area (Å²) >= 11 is 0. The third-order valence-electron chi connectivity index (χ3n) is 8.58. The molecule has 316 valence electrons. The van der Waals surface area contributed by atoms with Crippen molar-refractivity contribution in [3.05, 3.63) is 85.1 Å². The lowest BCUT2D eigenvalue weighted by Gasteiger charge is -2.20. The Balaban J connectivity index is 4.13. The van der Waals surface area contributed by atoms with Gasteiger partial charge in [-0.05, 0) is 70.6 Å². The highest BCUT2D eigenvalue weighted by Crippen LogP contribution is 2.43. The van der Waals surface area contributed by atoms with E-state index < -0.39 is 13.9 Å². The number of carbonyl (C=O) groups is 1. The fraction of sp³-hybridized carbons (Fsp3) is 0.674. The van der Waals surface area contributed by atoms with Gasteiger partial charge in [-0.2, -0.15) is 0 Å². The highest BCUT2D eigenvalue weighted by molar-refractivity contribution is 7.47. The molecule has 0 aromatic rings. The number of hydrogen-bond donors (Lipinski definition) is 2. The first kappa shape index (κ1) is 52.7. The van der Waals surface area contributed by atoms with Crippen molar-refractivity contribution in [2.24, 2.45) is 5.73 Å². The smallest absolute Gasteiger partial charge is 0.457 e. The molecule has 3 N–H and O–H groups in total. The van der Waals surface area contributed by atoms with Crippen molar-refractivity contribution in [3.8, 4) is 0 Å². The number of ether oxygens (including phenoxy) is 2. The molecule has 0 fully saturated rings. The van der Waals surface area contributed by atoms with E-state index >= 15 is 0 Å². The molecule has 0 aliphatic rings. The number of phosphoric acid groups is 1. The minimum absolute atomic E-state index is 0.0829. The molecule has 0 heterocycles. The van der Waals surface area contributed by atoms with E-state index in [1.54, 1.807) is 0 Å². The van der Waals surface area contributed by atoms with Crippen LogP contribution in [0.5, 0.6) is 0 Å². The number of allylic oxidation sites excluding steroid dienone is 14. The monoisotopic (exact) mass is 790 g/mol. The predicted molar refractivity (Wildman–Crippen MR) is 233 cm³/mol. The first-order valence-corrected chi connectivity index (χ1v) is 23.1. The SMILES string of the molecule is CC/C=C\C/C=C\C/C=C\C/C=C\C/C=C\C/C=C\C/C=C\CCCCOCC(COP(=O)(O)OCCN)OC(=O)CCCCCCCCCCCCCC. The Bertz CT molecular complexity index is 1110. The second kappa shape index (κ2) is 42.8. The van der Waals surface area contributed by atoms with Gasteiger partial charge in [-0.15, -0.1) is 0 Å². The zero-order chi connectivity index (χ0) is 40.2. The minimum Gasteiger partial charge on any atom is -0.457 e. The Hall–Kier alpha value is -2.32. The largest absolute Gasteiger partial charge is 0.472 e. The number of unbranched alkanes of at least 4 members (excludes halogenated alkanes) is 13. The normalized spacial score (nSPS) is 14.3. The molecule has 0 saturated carbocycles. The standard InChI is InChI=1S/C46H80NO7P/c1-3-5-7-9-11-13-15-17-18-19-20-21-22-23-24-25-26-27-28-30-32-34-36-38-41-51-43-45(44-53-55(49,50)52-42-40-47)54-46(48)39-37-35-33-31-29-16-14-12-10-8-6-4-2/h5,7,11,13,17-18,20-21,23-24,26-27,30,32,45H,3-4,6,8-10,12,14-16,19,22,25,28-29,31,33-44,47H2,1-2H3,(H,49,50)/b7-5-,13-11-,18-17-,21-20-,24-23-,27-26-,32-30-. The Morgan fingerprint density at radius 1 is 0.564 bits per heavy atom. The highest BCUT2D eigenvalue weighted by atomic mass is 31.2. The van der Waals surface area contributed by atoms with Crippen molar-refractivity contribution < 1.29 is 32.8 Å². The van der Waals surface area contributed by atoms with Gasteiger partial charge in [0.25, 0.3) is 0 Å². The molecule has 0 aromatic heterocycles. The van der Waals surface area contributed by atoms with Gasteiger partial charge in [-0.3, -0.25) is 13.8 Å². The maximum atomic E-state index is 12.5. The van der Waals surface area contributed by atoms with Crippen molar-refractivity contribution in [1.82, 2.24) is 0 Å². The fourth-order valence-corrected chi connectivity index (χ4v) is 6.21. The summed E-state index contributed by atoms with van der Waals surface area (Å²) in [5, 5.41) is 0. The molecule has 0 radical (unpaired) electrons. The van der Waals surface area contributed by atoms with Crippen LogP contribution in [-0.4, -0.2) is 49.9 Å². The van der Waals surface area contributed by atoms with Crippen LogP contribution in [0.3, 0.4) is 0 Å². The summed E-state index contributed by atoms with van der Waals surface area (Å²) in [6, 6.07) is 0. The van der Waals surface area contributed by atoms with E-state index in [0.29, 0.717) is 13.0 Å². The van der Waals surface area contributed by atoms with Crippen LogP contribution in [0.1, 0.15) is 162 Å². The van der Waals surface area contributed by atoms with E-state index in [1.807, 2.05) is 0 Å². The van der Waals surface area contributed by atoms with Crippen LogP contribution in [0.25, 0.3) is 0 Å². The van der Waals surface area contributed by atoms with E-state index in [1.165, 1.54) is 57.8 Å². The van der Waals surface area contributed by atoms with E-state index in [2.05, 4.69) is 98.9 Å². The summed E-state index contributed by atoms with van der Waals surface area (Å²) in [6.45, 7) is 4.67.